The van der Waals surface area contributed by atoms with Crippen molar-refractivity contribution >= 4 is 11.6 Å². The molecule has 2 aliphatic heterocycles. The smallest absolute Gasteiger partial charge is 0.161 e. The Morgan fingerprint density at radius 1 is 0.958 bits per heavy atom. The van der Waals surface area contributed by atoms with Gasteiger partial charge in [0.1, 0.15) is 24.8 Å². The van der Waals surface area contributed by atoms with E-state index in [2.05, 4.69) is 17.5 Å². The fourth-order valence-electron chi connectivity index (χ4n) is 3.04. The van der Waals surface area contributed by atoms with Gasteiger partial charge < -0.3 is 18.9 Å². The van der Waals surface area contributed by atoms with E-state index in [1.54, 1.807) is 14.2 Å². The second kappa shape index (κ2) is 6.09. The van der Waals surface area contributed by atoms with E-state index in [9.17, 15) is 0 Å². The molecular weight excluding hydrogens is 306 g/mol. The van der Waals surface area contributed by atoms with E-state index >= 15 is 0 Å². The maximum absolute atomic E-state index is 5.95. The Morgan fingerprint density at radius 2 is 1.83 bits per heavy atom. The van der Waals surface area contributed by atoms with Crippen LogP contribution in [0.15, 0.2) is 30.3 Å². The highest BCUT2D eigenvalue weighted by atomic mass is 16.5. The van der Waals surface area contributed by atoms with E-state index in [1.807, 2.05) is 24.3 Å². The third kappa shape index (κ3) is 2.57. The van der Waals surface area contributed by atoms with Crippen LogP contribution in [0.5, 0.6) is 23.0 Å². The molecule has 0 spiro atoms. The Balaban J connectivity index is 1.72. The molecule has 2 aromatic carbocycles. The van der Waals surface area contributed by atoms with Gasteiger partial charge in [-0.2, -0.15) is 0 Å². The standard InChI is InChI=1S/C19H19NO4/c1-21-16-4-3-12(7-19(16)22-2)15-6-13-5-14-9-20-11-24-18(14)8-17(13)23-10-15/h3-8,20H,9-11H2,1-2H3. The molecule has 4 rings (SSSR count). The number of benzene rings is 2. The van der Waals surface area contributed by atoms with E-state index in [-0.39, 0.29) is 0 Å². The molecule has 5 nitrogen and oxygen atoms in total. The lowest BCUT2D eigenvalue weighted by molar-refractivity contribution is 0.254. The van der Waals surface area contributed by atoms with Crippen LogP contribution in [0.25, 0.3) is 11.6 Å². The summed E-state index contributed by atoms with van der Waals surface area (Å²) < 4.78 is 22.3. The predicted octanol–water partition coefficient (Wildman–Crippen LogP) is 3.08. The molecule has 0 aliphatic carbocycles. The molecule has 0 fully saturated rings. The van der Waals surface area contributed by atoms with Crippen molar-refractivity contribution < 1.29 is 18.9 Å². The van der Waals surface area contributed by atoms with Crippen LogP contribution in [0.2, 0.25) is 0 Å². The zero-order valence-electron chi connectivity index (χ0n) is 13.7. The topological polar surface area (TPSA) is 49.0 Å². The minimum absolute atomic E-state index is 0.513. The largest absolute Gasteiger partial charge is 0.493 e. The molecule has 0 radical (unpaired) electrons. The average Bonchev–Trinajstić information content (AvgIpc) is 2.65. The summed E-state index contributed by atoms with van der Waals surface area (Å²) in [4.78, 5) is 0. The van der Waals surface area contributed by atoms with Gasteiger partial charge in [-0.25, -0.2) is 0 Å². The molecule has 5 heteroatoms. The van der Waals surface area contributed by atoms with Crippen LogP contribution in [0.3, 0.4) is 0 Å². The van der Waals surface area contributed by atoms with Gasteiger partial charge in [0.25, 0.3) is 0 Å². The number of methoxy groups -OCH3 is 2. The van der Waals surface area contributed by atoms with Gasteiger partial charge in [-0.3, -0.25) is 5.32 Å². The summed E-state index contributed by atoms with van der Waals surface area (Å²) in [6.45, 7) is 1.86. The average molecular weight is 325 g/mol. The van der Waals surface area contributed by atoms with E-state index in [4.69, 9.17) is 18.9 Å². The second-order valence-electron chi connectivity index (χ2n) is 5.74. The molecule has 2 aliphatic rings. The zero-order chi connectivity index (χ0) is 16.5. The first-order chi connectivity index (χ1) is 11.8. The van der Waals surface area contributed by atoms with Gasteiger partial charge in [-0.15, -0.1) is 0 Å². The molecule has 2 heterocycles. The number of nitrogens with one attached hydrogen (secondary N) is 1. The zero-order valence-corrected chi connectivity index (χ0v) is 13.7. The highest BCUT2D eigenvalue weighted by Gasteiger charge is 2.19. The summed E-state index contributed by atoms with van der Waals surface area (Å²) in [5.74, 6) is 3.19. The van der Waals surface area contributed by atoms with Gasteiger partial charge in [-0.1, -0.05) is 6.07 Å². The Bertz CT molecular complexity index is 813. The molecule has 24 heavy (non-hydrogen) atoms. The maximum atomic E-state index is 5.95. The Kier molecular flexibility index (Phi) is 3.78. The van der Waals surface area contributed by atoms with E-state index in [0.29, 0.717) is 19.1 Å². The first kappa shape index (κ1) is 14.9. The van der Waals surface area contributed by atoms with Crippen molar-refractivity contribution in [3.8, 4) is 23.0 Å². The fourth-order valence-corrected chi connectivity index (χ4v) is 3.04. The Hall–Kier alpha value is -2.66. The molecule has 0 atom stereocenters. The lowest BCUT2D eigenvalue weighted by Gasteiger charge is -2.24. The summed E-state index contributed by atoms with van der Waals surface area (Å²) in [5, 5.41) is 3.20. The van der Waals surface area contributed by atoms with E-state index in [1.165, 1.54) is 0 Å². The van der Waals surface area contributed by atoms with Gasteiger partial charge in [0.05, 0.1) is 14.2 Å². The number of hydrogen-bond acceptors (Lipinski definition) is 5. The van der Waals surface area contributed by atoms with Gasteiger partial charge in [-0.05, 0) is 35.4 Å². The fraction of sp³-hybridized carbons (Fsp3) is 0.263. The molecule has 0 bridgehead atoms. The molecule has 2 aromatic rings. The molecule has 0 saturated carbocycles. The van der Waals surface area contributed by atoms with Crippen molar-refractivity contribution in [2.45, 2.75) is 6.54 Å². The normalized spacial score (nSPS) is 15.3. The van der Waals surface area contributed by atoms with Gasteiger partial charge in [0, 0.05) is 23.7 Å². The van der Waals surface area contributed by atoms with Crippen LogP contribution < -0.4 is 24.3 Å². The second-order valence-corrected chi connectivity index (χ2v) is 5.74. The van der Waals surface area contributed by atoms with Crippen molar-refractivity contribution in [1.82, 2.24) is 5.32 Å². The lowest BCUT2D eigenvalue weighted by atomic mass is 9.98. The third-order valence-electron chi connectivity index (χ3n) is 4.31. The third-order valence-corrected chi connectivity index (χ3v) is 4.31. The van der Waals surface area contributed by atoms with Crippen molar-refractivity contribution in [2.24, 2.45) is 0 Å². The van der Waals surface area contributed by atoms with Gasteiger partial charge >= 0.3 is 0 Å². The van der Waals surface area contributed by atoms with Crippen LogP contribution in [0.4, 0.5) is 0 Å². The number of fused-ring (bicyclic) bond motifs is 2. The van der Waals surface area contributed by atoms with Crippen molar-refractivity contribution in [2.75, 3.05) is 27.6 Å². The summed E-state index contributed by atoms with van der Waals surface area (Å²) in [7, 11) is 3.28. The minimum Gasteiger partial charge on any atom is -0.493 e. The van der Waals surface area contributed by atoms with Crippen molar-refractivity contribution in [3.63, 3.8) is 0 Å². The number of ether oxygens (including phenoxy) is 4. The molecule has 124 valence electrons. The molecular formula is C19H19NO4. The minimum atomic E-state index is 0.513. The Labute approximate surface area is 140 Å². The first-order valence-corrected chi connectivity index (χ1v) is 7.84. The summed E-state index contributed by atoms with van der Waals surface area (Å²) in [6.07, 6.45) is 2.16. The number of rotatable bonds is 3. The highest BCUT2D eigenvalue weighted by molar-refractivity contribution is 5.86. The quantitative estimate of drug-likeness (QED) is 0.940. The van der Waals surface area contributed by atoms with Crippen LogP contribution in [0.1, 0.15) is 16.7 Å². The van der Waals surface area contributed by atoms with E-state index < -0.39 is 0 Å². The SMILES string of the molecule is COc1ccc(C2=Cc3cc4c(cc3OC2)OCNC4)cc1OC. The molecule has 1 N–H and O–H groups in total. The predicted molar refractivity (Wildman–Crippen MR) is 91.7 cm³/mol. The monoisotopic (exact) mass is 325 g/mol. The number of hydrogen-bond donors (Lipinski definition) is 1. The lowest BCUT2D eigenvalue weighted by Crippen LogP contribution is -2.25. The molecule has 0 amide bonds. The summed E-state index contributed by atoms with van der Waals surface area (Å²) in [5.41, 5.74) is 4.38. The molecule has 0 saturated heterocycles. The summed E-state index contributed by atoms with van der Waals surface area (Å²) in [6, 6.07) is 10.0. The molecule has 0 unspecified atom stereocenters. The van der Waals surface area contributed by atoms with Crippen LogP contribution in [-0.2, 0) is 6.54 Å². The van der Waals surface area contributed by atoms with Crippen molar-refractivity contribution in [3.05, 3.63) is 47.0 Å². The maximum Gasteiger partial charge on any atom is 0.161 e. The van der Waals surface area contributed by atoms with Gasteiger partial charge in [0.2, 0.25) is 0 Å². The van der Waals surface area contributed by atoms with Crippen LogP contribution >= 0.6 is 0 Å². The Morgan fingerprint density at radius 3 is 2.67 bits per heavy atom. The highest BCUT2D eigenvalue weighted by Crippen LogP contribution is 2.38. The van der Waals surface area contributed by atoms with Crippen LogP contribution in [-0.4, -0.2) is 27.6 Å². The molecule has 0 aromatic heterocycles. The van der Waals surface area contributed by atoms with Crippen LogP contribution in [0, 0.1) is 0 Å². The van der Waals surface area contributed by atoms with E-state index in [0.717, 1.165) is 46.1 Å². The van der Waals surface area contributed by atoms with Gasteiger partial charge in [0.15, 0.2) is 11.5 Å². The summed E-state index contributed by atoms with van der Waals surface area (Å²) >= 11 is 0. The van der Waals surface area contributed by atoms with Crippen molar-refractivity contribution in [1.29, 1.82) is 0 Å². The first-order valence-electron chi connectivity index (χ1n) is 7.84.